The average Bonchev–Trinajstić information content (AvgIpc) is 2.61. The number of hydrogen-bond donors (Lipinski definition) is 0. The minimum Gasteiger partial charge on any atom is -0.338 e. The van der Waals surface area contributed by atoms with Crippen LogP contribution in [0.15, 0.2) is 29.2 Å². The first-order valence-corrected chi connectivity index (χ1v) is 11.1. The van der Waals surface area contributed by atoms with Gasteiger partial charge in [-0.05, 0) is 61.3 Å². The molecule has 2 fully saturated rings. The van der Waals surface area contributed by atoms with Gasteiger partial charge in [-0.15, -0.1) is 0 Å². The Bertz CT molecular complexity index is 727. The quantitative estimate of drug-likeness (QED) is 0.811. The number of piperidine rings is 2. The van der Waals surface area contributed by atoms with Gasteiger partial charge in [-0.1, -0.05) is 20.8 Å². The summed E-state index contributed by atoms with van der Waals surface area (Å²) in [6.07, 6.45) is 2.96. The van der Waals surface area contributed by atoms with Crippen LogP contribution in [-0.2, 0) is 10.0 Å². The molecule has 3 rings (SSSR count). The Morgan fingerprint density at radius 3 is 2.00 bits per heavy atom. The van der Waals surface area contributed by atoms with Gasteiger partial charge in [0.25, 0.3) is 5.91 Å². The fourth-order valence-electron chi connectivity index (χ4n) is 4.16. The van der Waals surface area contributed by atoms with Crippen molar-refractivity contribution >= 4 is 15.9 Å². The Balaban J connectivity index is 1.72. The van der Waals surface area contributed by atoms with Crippen molar-refractivity contribution in [2.45, 2.75) is 44.9 Å². The van der Waals surface area contributed by atoms with E-state index < -0.39 is 10.0 Å². The molecule has 0 saturated carbocycles. The Morgan fingerprint density at radius 2 is 1.46 bits per heavy atom. The summed E-state index contributed by atoms with van der Waals surface area (Å²) in [7, 11) is -3.46. The molecule has 1 aromatic carbocycles. The van der Waals surface area contributed by atoms with Gasteiger partial charge in [0.2, 0.25) is 10.0 Å². The minimum absolute atomic E-state index is 0.000791. The first-order chi connectivity index (χ1) is 12.3. The van der Waals surface area contributed by atoms with Crippen molar-refractivity contribution in [2.24, 2.45) is 17.8 Å². The van der Waals surface area contributed by atoms with E-state index in [1.54, 1.807) is 28.6 Å². The molecule has 144 valence electrons. The van der Waals surface area contributed by atoms with Crippen LogP contribution in [0.4, 0.5) is 0 Å². The van der Waals surface area contributed by atoms with E-state index in [1.165, 1.54) is 0 Å². The van der Waals surface area contributed by atoms with Crippen LogP contribution in [0.2, 0.25) is 0 Å². The molecule has 1 aromatic rings. The molecule has 2 aliphatic heterocycles. The van der Waals surface area contributed by atoms with E-state index >= 15 is 0 Å². The Kier molecular flexibility index (Phi) is 5.72. The van der Waals surface area contributed by atoms with Crippen molar-refractivity contribution < 1.29 is 13.2 Å². The zero-order valence-electron chi connectivity index (χ0n) is 16.0. The number of amides is 1. The second kappa shape index (κ2) is 7.69. The predicted octanol–water partition coefficient (Wildman–Crippen LogP) is 3.23. The summed E-state index contributed by atoms with van der Waals surface area (Å²) in [4.78, 5) is 14.9. The molecule has 0 N–H and O–H groups in total. The van der Waals surface area contributed by atoms with Crippen LogP contribution < -0.4 is 0 Å². The minimum atomic E-state index is -3.46. The molecule has 0 aliphatic carbocycles. The van der Waals surface area contributed by atoms with Crippen LogP contribution in [0.3, 0.4) is 0 Å². The van der Waals surface area contributed by atoms with Crippen LogP contribution in [0, 0.1) is 17.8 Å². The number of sulfonamides is 1. The van der Waals surface area contributed by atoms with Gasteiger partial charge in [0.1, 0.15) is 0 Å². The summed E-state index contributed by atoms with van der Waals surface area (Å²) >= 11 is 0. The monoisotopic (exact) mass is 378 g/mol. The van der Waals surface area contributed by atoms with E-state index in [0.29, 0.717) is 36.4 Å². The van der Waals surface area contributed by atoms with Crippen molar-refractivity contribution in [2.75, 3.05) is 26.2 Å². The van der Waals surface area contributed by atoms with Gasteiger partial charge < -0.3 is 4.90 Å². The zero-order valence-corrected chi connectivity index (χ0v) is 16.8. The fourth-order valence-corrected chi connectivity index (χ4v) is 5.62. The third-order valence-electron chi connectivity index (χ3n) is 5.64. The lowest BCUT2D eigenvalue weighted by molar-refractivity contribution is 0.0623. The summed E-state index contributed by atoms with van der Waals surface area (Å²) < 4.78 is 27.2. The molecule has 2 atom stereocenters. The predicted molar refractivity (Wildman–Crippen MR) is 102 cm³/mol. The maximum atomic E-state index is 12.8. The van der Waals surface area contributed by atoms with E-state index in [2.05, 4.69) is 20.8 Å². The molecule has 0 radical (unpaired) electrons. The zero-order chi connectivity index (χ0) is 18.9. The van der Waals surface area contributed by atoms with Crippen molar-refractivity contribution in [1.82, 2.24) is 9.21 Å². The first-order valence-electron chi connectivity index (χ1n) is 9.67. The molecule has 6 heteroatoms. The van der Waals surface area contributed by atoms with E-state index in [-0.39, 0.29) is 10.8 Å². The smallest absolute Gasteiger partial charge is 0.253 e. The van der Waals surface area contributed by atoms with Crippen molar-refractivity contribution in [3.63, 3.8) is 0 Å². The Hall–Kier alpha value is -1.40. The molecule has 1 amide bonds. The Morgan fingerprint density at radius 1 is 0.923 bits per heavy atom. The maximum Gasteiger partial charge on any atom is 0.253 e. The molecule has 2 heterocycles. The number of carbonyl (C=O) groups excluding carboxylic acids is 1. The SMILES string of the molecule is CC1CCN(S(=O)(=O)c2ccc(C(=O)N3C[C@H](C)C[C@@H](C)C3)cc2)CC1. The number of nitrogens with zero attached hydrogens (tertiary/aromatic N) is 2. The molecule has 5 nitrogen and oxygen atoms in total. The molecule has 0 bridgehead atoms. The molecule has 26 heavy (non-hydrogen) atoms. The summed E-state index contributed by atoms with van der Waals surface area (Å²) in [5.74, 6) is 1.59. The largest absolute Gasteiger partial charge is 0.338 e. The first kappa shape index (κ1) is 19.4. The number of hydrogen-bond acceptors (Lipinski definition) is 3. The van der Waals surface area contributed by atoms with E-state index in [0.717, 1.165) is 32.4 Å². The second-order valence-corrected chi connectivity index (χ2v) is 10.2. The van der Waals surface area contributed by atoms with Crippen LogP contribution in [0.5, 0.6) is 0 Å². The van der Waals surface area contributed by atoms with Crippen molar-refractivity contribution in [3.8, 4) is 0 Å². The van der Waals surface area contributed by atoms with Crippen molar-refractivity contribution in [1.29, 1.82) is 0 Å². The number of rotatable bonds is 3. The van der Waals surface area contributed by atoms with Crippen LogP contribution in [0.1, 0.15) is 50.4 Å². The summed E-state index contributed by atoms with van der Waals surface area (Å²) in [5.41, 5.74) is 0.567. The molecule has 0 aromatic heterocycles. The summed E-state index contributed by atoms with van der Waals surface area (Å²) in [6, 6.07) is 6.48. The highest BCUT2D eigenvalue weighted by atomic mass is 32.2. The third kappa shape index (κ3) is 4.12. The van der Waals surface area contributed by atoms with Gasteiger partial charge >= 0.3 is 0 Å². The lowest BCUT2D eigenvalue weighted by Gasteiger charge is -2.35. The number of benzene rings is 1. The standard InChI is InChI=1S/C20H30N2O3S/c1-15-8-10-22(11-9-15)26(24,25)19-6-4-18(5-7-19)20(23)21-13-16(2)12-17(3)14-21/h4-7,15-17H,8-14H2,1-3H3/t16-,17-/m1/s1. The van der Waals surface area contributed by atoms with Gasteiger partial charge in [-0.25, -0.2) is 8.42 Å². The topological polar surface area (TPSA) is 57.7 Å². The molecule has 2 aliphatic rings. The van der Waals surface area contributed by atoms with Crippen LogP contribution in [0.25, 0.3) is 0 Å². The molecule has 0 unspecified atom stereocenters. The number of likely N-dealkylation sites (tertiary alicyclic amines) is 1. The van der Waals surface area contributed by atoms with E-state index in [9.17, 15) is 13.2 Å². The molecular formula is C20H30N2O3S. The van der Waals surface area contributed by atoms with Gasteiger partial charge in [-0.2, -0.15) is 4.31 Å². The molecular weight excluding hydrogens is 348 g/mol. The normalized spacial score (nSPS) is 26.0. The highest BCUT2D eigenvalue weighted by Gasteiger charge is 2.29. The average molecular weight is 379 g/mol. The summed E-state index contributed by atoms with van der Waals surface area (Å²) in [5, 5.41) is 0. The third-order valence-corrected chi connectivity index (χ3v) is 7.55. The second-order valence-electron chi connectivity index (χ2n) is 8.27. The highest BCUT2D eigenvalue weighted by molar-refractivity contribution is 7.89. The van der Waals surface area contributed by atoms with E-state index in [4.69, 9.17) is 0 Å². The van der Waals surface area contributed by atoms with Crippen molar-refractivity contribution in [3.05, 3.63) is 29.8 Å². The lowest BCUT2D eigenvalue weighted by atomic mass is 9.91. The molecule has 2 saturated heterocycles. The fraction of sp³-hybridized carbons (Fsp3) is 0.650. The van der Waals surface area contributed by atoms with Gasteiger partial charge in [0.15, 0.2) is 0 Å². The van der Waals surface area contributed by atoms with Gasteiger partial charge in [-0.3, -0.25) is 4.79 Å². The van der Waals surface area contributed by atoms with Gasteiger partial charge in [0, 0.05) is 31.7 Å². The van der Waals surface area contributed by atoms with E-state index in [1.807, 2.05) is 4.90 Å². The van der Waals surface area contributed by atoms with Crippen LogP contribution in [-0.4, -0.2) is 49.7 Å². The highest BCUT2D eigenvalue weighted by Crippen LogP contribution is 2.25. The molecule has 0 spiro atoms. The maximum absolute atomic E-state index is 12.8. The number of carbonyl (C=O) groups is 1. The van der Waals surface area contributed by atoms with Gasteiger partial charge in [0.05, 0.1) is 4.90 Å². The summed E-state index contributed by atoms with van der Waals surface area (Å²) in [6.45, 7) is 9.20. The van der Waals surface area contributed by atoms with Crippen LogP contribution >= 0.6 is 0 Å². The lowest BCUT2D eigenvalue weighted by Crippen LogP contribution is -2.42. The Labute approximate surface area is 157 Å².